The molecule has 0 unspecified atom stereocenters. The van der Waals surface area contributed by atoms with Crippen LogP contribution in [0.4, 0.5) is 0 Å². The minimum absolute atomic E-state index is 0.565. The number of aryl methyl sites for hydroxylation is 2. The molecular formula is C15H18N2. The van der Waals surface area contributed by atoms with Crippen LogP contribution in [0.1, 0.15) is 36.6 Å². The highest BCUT2D eigenvalue weighted by atomic mass is 14.7. The van der Waals surface area contributed by atoms with E-state index in [-0.39, 0.29) is 0 Å². The van der Waals surface area contributed by atoms with Gasteiger partial charge in [-0.15, -0.1) is 0 Å². The third-order valence-corrected chi connectivity index (χ3v) is 2.90. The van der Waals surface area contributed by atoms with E-state index >= 15 is 0 Å². The molecule has 0 saturated carbocycles. The molecule has 0 bridgehead atoms. The van der Waals surface area contributed by atoms with E-state index in [1.54, 1.807) is 6.20 Å². The maximum absolute atomic E-state index is 4.42. The molecule has 2 nitrogen and oxygen atoms in total. The molecule has 0 saturated heterocycles. The van der Waals surface area contributed by atoms with Crippen molar-refractivity contribution in [3.05, 3.63) is 59.7 Å². The Labute approximate surface area is 103 Å². The molecule has 2 aromatic rings. The molecule has 2 rings (SSSR count). The summed E-state index contributed by atoms with van der Waals surface area (Å²) in [6.45, 7) is 4.42. The van der Waals surface area contributed by atoms with Crippen molar-refractivity contribution in [1.29, 1.82) is 0 Å². The predicted octanol–water partition coefficient (Wildman–Crippen LogP) is 3.39. The molecule has 0 atom stereocenters. The Morgan fingerprint density at radius 1 is 1.12 bits per heavy atom. The first-order valence-electron chi connectivity index (χ1n) is 6.09. The van der Waals surface area contributed by atoms with Crippen molar-refractivity contribution in [1.82, 2.24) is 9.97 Å². The molecule has 0 aliphatic carbocycles. The Kier molecular flexibility index (Phi) is 3.86. The zero-order valence-electron chi connectivity index (χ0n) is 10.4. The van der Waals surface area contributed by atoms with Crippen molar-refractivity contribution in [2.75, 3.05) is 0 Å². The Morgan fingerprint density at radius 2 is 2.00 bits per heavy atom. The molecular weight excluding hydrogens is 208 g/mol. The lowest BCUT2D eigenvalue weighted by molar-refractivity contribution is 0.842. The van der Waals surface area contributed by atoms with Gasteiger partial charge < -0.3 is 0 Å². The Balaban J connectivity index is 2.02. The number of pyridine rings is 2. The van der Waals surface area contributed by atoms with E-state index in [9.17, 15) is 0 Å². The summed E-state index contributed by atoms with van der Waals surface area (Å²) >= 11 is 0. The summed E-state index contributed by atoms with van der Waals surface area (Å²) < 4.78 is 0. The molecule has 2 heteroatoms. The SMILES string of the molecule is CC(C)c1ccnc(CCc2cccnc2)c1. The van der Waals surface area contributed by atoms with Crippen molar-refractivity contribution in [3.63, 3.8) is 0 Å². The van der Waals surface area contributed by atoms with Crippen molar-refractivity contribution in [3.8, 4) is 0 Å². The van der Waals surface area contributed by atoms with E-state index in [0.717, 1.165) is 12.8 Å². The van der Waals surface area contributed by atoms with Crippen LogP contribution in [0, 0.1) is 0 Å². The van der Waals surface area contributed by atoms with Crippen LogP contribution < -0.4 is 0 Å². The highest BCUT2D eigenvalue weighted by Crippen LogP contribution is 2.15. The quantitative estimate of drug-likeness (QED) is 0.798. The molecule has 17 heavy (non-hydrogen) atoms. The van der Waals surface area contributed by atoms with Crippen LogP contribution in [0.15, 0.2) is 42.9 Å². The molecule has 0 aliphatic rings. The van der Waals surface area contributed by atoms with Gasteiger partial charge in [0.25, 0.3) is 0 Å². The van der Waals surface area contributed by atoms with E-state index in [4.69, 9.17) is 0 Å². The molecule has 0 fully saturated rings. The number of nitrogens with zero attached hydrogens (tertiary/aromatic N) is 2. The molecule has 0 spiro atoms. The molecule has 0 radical (unpaired) electrons. The Morgan fingerprint density at radius 3 is 2.71 bits per heavy atom. The van der Waals surface area contributed by atoms with Gasteiger partial charge in [0.1, 0.15) is 0 Å². The first-order chi connectivity index (χ1) is 8.25. The predicted molar refractivity (Wildman–Crippen MR) is 70.0 cm³/mol. The van der Waals surface area contributed by atoms with Crippen LogP contribution in [-0.4, -0.2) is 9.97 Å². The summed E-state index contributed by atoms with van der Waals surface area (Å²) in [5.74, 6) is 0.565. The molecule has 0 N–H and O–H groups in total. The van der Waals surface area contributed by atoms with Gasteiger partial charge in [0.2, 0.25) is 0 Å². The molecule has 0 aromatic carbocycles. The zero-order valence-corrected chi connectivity index (χ0v) is 10.4. The lowest BCUT2D eigenvalue weighted by atomic mass is 10.0. The minimum Gasteiger partial charge on any atom is -0.264 e. The van der Waals surface area contributed by atoms with Gasteiger partial charge >= 0.3 is 0 Å². The average Bonchev–Trinajstić information content (AvgIpc) is 2.38. The van der Waals surface area contributed by atoms with Gasteiger partial charge in [-0.2, -0.15) is 0 Å². The first kappa shape index (κ1) is 11.8. The molecule has 0 aliphatic heterocycles. The zero-order chi connectivity index (χ0) is 12.1. The molecule has 2 heterocycles. The smallest absolute Gasteiger partial charge is 0.0409 e. The van der Waals surface area contributed by atoms with E-state index in [2.05, 4.69) is 42.0 Å². The number of aromatic nitrogens is 2. The van der Waals surface area contributed by atoms with Gasteiger partial charge in [0.05, 0.1) is 0 Å². The summed E-state index contributed by atoms with van der Waals surface area (Å²) in [6.07, 6.45) is 7.62. The van der Waals surface area contributed by atoms with Crippen molar-refractivity contribution in [2.45, 2.75) is 32.6 Å². The van der Waals surface area contributed by atoms with Crippen LogP contribution in [0.25, 0.3) is 0 Å². The van der Waals surface area contributed by atoms with Gasteiger partial charge in [0, 0.05) is 24.3 Å². The normalized spacial score (nSPS) is 10.8. The highest BCUT2D eigenvalue weighted by Gasteiger charge is 2.02. The number of hydrogen-bond donors (Lipinski definition) is 0. The lowest BCUT2D eigenvalue weighted by Crippen LogP contribution is -1.97. The van der Waals surface area contributed by atoms with E-state index in [1.807, 2.05) is 18.5 Å². The summed E-state index contributed by atoms with van der Waals surface area (Å²) in [6, 6.07) is 8.39. The highest BCUT2D eigenvalue weighted by molar-refractivity contribution is 5.20. The van der Waals surface area contributed by atoms with Crippen LogP contribution >= 0.6 is 0 Å². The molecule has 88 valence electrons. The summed E-state index contributed by atoms with van der Waals surface area (Å²) in [4.78, 5) is 8.54. The van der Waals surface area contributed by atoms with Crippen LogP contribution in [0.2, 0.25) is 0 Å². The third kappa shape index (κ3) is 3.38. The Bertz CT molecular complexity index is 463. The third-order valence-electron chi connectivity index (χ3n) is 2.90. The van der Waals surface area contributed by atoms with E-state index in [1.165, 1.54) is 16.8 Å². The summed E-state index contributed by atoms with van der Waals surface area (Å²) in [7, 11) is 0. The second kappa shape index (κ2) is 5.58. The fourth-order valence-corrected chi connectivity index (χ4v) is 1.81. The topological polar surface area (TPSA) is 25.8 Å². The van der Waals surface area contributed by atoms with Crippen LogP contribution in [0.3, 0.4) is 0 Å². The number of hydrogen-bond acceptors (Lipinski definition) is 2. The van der Waals surface area contributed by atoms with Crippen LogP contribution in [0.5, 0.6) is 0 Å². The Hall–Kier alpha value is -1.70. The fraction of sp³-hybridized carbons (Fsp3) is 0.333. The molecule has 2 aromatic heterocycles. The van der Waals surface area contributed by atoms with E-state index in [0.29, 0.717) is 5.92 Å². The minimum atomic E-state index is 0.565. The van der Waals surface area contributed by atoms with Gasteiger partial charge in [-0.3, -0.25) is 9.97 Å². The maximum Gasteiger partial charge on any atom is 0.0409 e. The molecule has 0 amide bonds. The lowest BCUT2D eigenvalue weighted by Gasteiger charge is -2.07. The van der Waals surface area contributed by atoms with Crippen molar-refractivity contribution < 1.29 is 0 Å². The summed E-state index contributed by atoms with van der Waals surface area (Å²) in [5.41, 5.74) is 3.80. The monoisotopic (exact) mass is 226 g/mol. The average molecular weight is 226 g/mol. The fourth-order valence-electron chi connectivity index (χ4n) is 1.81. The van der Waals surface area contributed by atoms with Gasteiger partial charge in [-0.1, -0.05) is 19.9 Å². The van der Waals surface area contributed by atoms with Gasteiger partial charge in [-0.25, -0.2) is 0 Å². The van der Waals surface area contributed by atoms with Crippen molar-refractivity contribution in [2.24, 2.45) is 0 Å². The largest absolute Gasteiger partial charge is 0.264 e. The van der Waals surface area contributed by atoms with E-state index < -0.39 is 0 Å². The number of rotatable bonds is 4. The van der Waals surface area contributed by atoms with Gasteiger partial charge in [-0.05, 0) is 48.1 Å². The summed E-state index contributed by atoms with van der Waals surface area (Å²) in [5, 5.41) is 0. The second-order valence-corrected chi connectivity index (χ2v) is 4.60. The first-order valence-corrected chi connectivity index (χ1v) is 6.09. The van der Waals surface area contributed by atoms with Gasteiger partial charge in [0.15, 0.2) is 0 Å². The van der Waals surface area contributed by atoms with Crippen molar-refractivity contribution >= 4 is 0 Å². The standard InChI is InChI=1S/C15H18N2/c1-12(2)14-7-9-17-15(10-14)6-5-13-4-3-8-16-11-13/h3-4,7-12H,5-6H2,1-2H3. The maximum atomic E-state index is 4.42. The van der Waals surface area contributed by atoms with Crippen LogP contribution in [-0.2, 0) is 12.8 Å². The second-order valence-electron chi connectivity index (χ2n) is 4.60.